The van der Waals surface area contributed by atoms with E-state index in [0.29, 0.717) is 17.0 Å². The Morgan fingerprint density at radius 2 is 1.44 bits per heavy atom. The molecule has 2 aromatic carbocycles. The van der Waals surface area contributed by atoms with Crippen molar-refractivity contribution in [2.45, 2.75) is 94.5 Å². The van der Waals surface area contributed by atoms with Crippen molar-refractivity contribution < 1.29 is 9.53 Å². The van der Waals surface area contributed by atoms with Crippen LogP contribution in [0.1, 0.15) is 100 Å². The standard InChI is InChI=1S/C37H38N6O2/c1-34(2,3)45-33(44)43-30(18-35-21-37(35,43)22-35)29-20-39-32(41-29)26-12-8-24(9-13-26)5-4-23-6-10-25(11-7-23)31-38-19-28(40-31)27-14-15-36(42-27)16-17-36/h6-13,19-20,27,30,42H,14-18,21-22H2,1-3H3,(H,38,40)(H,39,41)/t27-,30-,35?,37?/m0/s1. The first-order chi connectivity index (χ1) is 21.6. The van der Waals surface area contributed by atoms with E-state index in [0.717, 1.165) is 58.9 Å². The van der Waals surface area contributed by atoms with Crippen molar-refractivity contribution in [2.24, 2.45) is 5.41 Å². The molecule has 3 aliphatic carbocycles. The highest BCUT2D eigenvalue weighted by Crippen LogP contribution is 2.89. The van der Waals surface area contributed by atoms with Gasteiger partial charge in [-0.15, -0.1) is 0 Å². The Kier molecular flexibility index (Phi) is 5.46. The second-order valence-electron chi connectivity index (χ2n) is 15.0. The summed E-state index contributed by atoms with van der Waals surface area (Å²) >= 11 is 0. The number of nitrogens with one attached hydrogen (secondary N) is 3. The molecule has 0 radical (unpaired) electrons. The number of H-pyrrole nitrogens is 2. The van der Waals surface area contributed by atoms with E-state index in [1.807, 2.05) is 74.5 Å². The van der Waals surface area contributed by atoms with Gasteiger partial charge in [0.05, 0.1) is 35.4 Å². The molecule has 3 N–H and O–H groups in total. The average molecular weight is 599 g/mol. The molecule has 1 amide bonds. The lowest BCUT2D eigenvalue weighted by Gasteiger charge is -2.34. The van der Waals surface area contributed by atoms with Crippen molar-refractivity contribution in [2.75, 3.05) is 0 Å². The van der Waals surface area contributed by atoms with Gasteiger partial charge in [0.15, 0.2) is 0 Å². The van der Waals surface area contributed by atoms with E-state index in [1.165, 1.54) is 31.4 Å². The Hall–Kier alpha value is -4.35. The zero-order chi connectivity index (χ0) is 30.6. The van der Waals surface area contributed by atoms with Crippen molar-refractivity contribution in [3.63, 3.8) is 0 Å². The Morgan fingerprint density at radius 1 is 0.867 bits per heavy atom. The molecule has 5 fully saturated rings. The maximum atomic E-state index is 13.2. The minimum absolute atomic E-state index is 0.0144. The van der Waals surface area contributed by atoms with Gasteiger partial charge in [-0.1, -0.05) is 36.1 Å². The van der Waals surface area contributed by atoms with Crippen LogP contribution in [0.4, 0.5) is 4.79 Å². The van der Waals surface area contributed by atoms with Crippen LogP contribution in [0.15, 0.2) is 60.9 Å². The Bertz CT molecular complexity index is 1870. The number of aromatic nitrogens is 4. The summed E-state index contributed by atoms with van der Waals surface area (Å²) in [5, 5.41) is 3.79. The second kappa shape index (κ2) is 9.11. The summed E-state index contributed by atoms with van der Waals surface area (Å²) < 4.78 is 5.80. The number of ether oxygens (including phenoxy) is 1. The number of amides is 1. The number of piperidine rings is 2. The number of hydrogen-bond acceptors (Lipinski definition) is 5. The van der Waals surface area contributed by atoms with Gasteiger partial charge in [0.1, 0.15) is 17.2 Å². The number of hydrogen-bond donors (Lipinski definition) is 3. The summed E-state index contributed by atoms with van der Waals surface area (Å²) in [6.07, 6.45) is 11.9. The average Bonchev–Trinajstić information content (AvgIpc) is 3.71. The molecule has 8 heteroatoms. The van der Waals surface area contributed by atoms with Crippen LogP contribution in [0.3, 0.4) is 0 Å². The van der Waals surface area contributed by atoms with Gasteiger partial charge in [0.25, 0.3) is 0 Å². The summed E-state index contributed by atoms with van der Waals surface area (Å²) in [5.41, 5.74) is 6.32. The molecule has 2 atom stereocenters. The molecule has 8 nitrogen and oxygen atoms in total. The van der Waals surface area contributed by atoms with Crippen LogP contribution >= 0.6 is 0 Å². The molecule has 4 aromatic rings. The summed E-state index contributed by atoms with van der Waals surface area (Å²) in [6.45, 7) is 5.77. The lowest BCUT2D eigenvalue weighted by molar-refractivity contribution is 0.00849. The van der Waals surface area contributed by atoms with Crippen LogP contribution < -0.4 is 5.32 Å². The van der Waals surface area contributed by atoms with Gasteiger partial charge in [-0.25, -0.2) is 14.8 Å². The predicted molar refractivity (Wildman–Crippen MR) is 171 cm³/mol. The molecule has 45 heavy (non-hydrogen) atoms. The number of rotatable bonds is 4. The van der Waals surface area contributed by atoms with Crippen LogP contribution in [-0.4, -0.2) is 47.6 Å². The number of likely N-dealkylation sites (tertiary alicyclic amines) is 1. The normalized spacial score (nSPS) is 28.3. The quantitative estimate of drug-likeness (QED) is 0.219. The third-order valence-electron chi connectivity index (χ3n) is 10.8. The summed E-state index contributed by atoms with van der Waals surface area (Å²) in [4.78, 5) is 31.6. The first-order valence-corrected chi connectivity index (χ1v) is 16.3. The van der Waals surface area contributed by atoms with Crippen molar-refractivity contribution in [1.82, 2.24) is 30.2 Å². The molecule has 0 unspecified atom stereocenters. The molecule has 228 valence electrons. The van der Waals surface area contributed by atoms with Gasteiger partial charge in [0, 0.05) is 39.2 Å². The molecule has 5 aliphatic rings. The molecule has 2 aliphatic heterocycles. The number of nitrogens with zero attached hydrogens (tertiary/aromatic N) is 3. The van der Waals surface area contributed by atoms with Crippen molar-refractivity contribution in [1.29, 1.82) is 0 Å². The first-order valence-electron chi connectivity index (χ1n) is 16.3. The van der Waals surface area contributed by atoms with Crippen molar-refractivity contribution >= 4 is 6.09 Å². The molecule has 2 saturated heterocycles. The highest BCUT2D eigenvalue weighted by molar-refractivity contribution is 5.75. The fourth-order valence-corrected chi connectivity index (χ4v) is 7.95. The molecular weight excluding hydrogens is 560 g/mol. The molecule has 0 bridgehead atoms. The van der Waals surface area contributed by atoms with E-state index in [4.69, 9.17) is 4.74 Å². The van der Waals surface area contributed by atoms with E-state index in [9.17, 15) is 4.79 Å². The monoisotopic (exact) mass is 598 g/mol. The summed E-state index contributed by atoms with van der Waals surface area (Å²) in [7, 11) is 0. The fourth-order valence-electron chi connectivity index (χ4n) is 7.95. The zero-order valence-corrected chi connectivity index (χ0v) is 26.0. The van der Waals surface area contributed by atoms with Gasteiger partial charge in [-0.3, -0.25) is 4.90 Å². The maximum absolute atomic E-state index is 13.2. The third kappa shape index (κ3) is 4.51. The van der Waals surface area contributed by atoms with Crippen LogP contribution in [-0.2, 0) is 4.74 Å². The number of aromatic amines is 2. The van der Waals surface area contributed by atoms with Crippen LogP contribution in [0.25, 0.3) is 22.8 Å². The van der Waals surface area contributed by atoms with E-state index >= 15 is 0 Å². The highest BCUT2D eigenvalue weighted by atomic mass is 16.6. The molecule has 4 heterocycles. The van der Waals surface area contributed by atoms with Crippen molar-refractivity contribution in [3.8, 4) is 34.6 Å². The molecule has 2 aromatic heterocycles. The molecule has 1 spiro atoms. The van der Waals surface area contributed by atoms with E-state index in [-0.39, 0.29) is 17.7 Å². The first kappa shape index (κ1) is 27.0. The van der Waals surface area contributed by atoms with Gasteiger partial charge < -0.3 is 20.0 Å². The van der Waals surface area contributed by atoms with Crippen molar-refractivity contribution in [3.05, 3.63) is 83.4 Å². The fraction of sp³-hybridized carbons (Fsp3) is 0.432. The molecule has 9 rings (SSSR count). The Morgan fingerprint density at radius 3 is 2.00 bits per heavy atom. The Balaban J connectivity index is 0.858. The largest absolute Gasteiger partial charge is 0.444 e. The number of carbonyl (C=O) groups excluding carboxylic acids is 1. The second-order valence-corrected chi connectivity index (χ2v) is 15.0. The topological polar surface area (TPSA) is 98.9 Å². The van der Waals surface area contributed by atoms with Crippen LogP contribution in [0.2, 0.25) is 0 Å². The van der Waals surface area contributed by atoms with Gasteiger partial charge in [-0.2, -0.15) is 0 Å². The maximum Gasteiger partial charge on any atom is 0.411 e. The van der Waals surface area contributed by atoms with E-state index in [2.05, 4.69) is 49.2 Å². The lowest BCUT2D eigenvalue weighted by Crippen LogP contribution is -2.42. The minimum atomic E-state index is -0.517. The van der Waals surface area contributed by atoms with Gasteiger partial charge >= 0.3 is 6.09 Å². The van der Waals surface area contributed by atoms with Gasteiger partial charge in [-0.05, 0) is 90.0 Å². The van der Waals surface area contributed by atoms with Gasteiger partial charge in [0.2, 0.25) is 0 Å². The predicted octanol–water partition coefficient (Wildman–Crippen LogP) is 7.04. The zero-order valence-electron chi connectivity index (χ0n) is 26.0. The SMILES string of the molecule is CC(C)(C)OC(=O)N1[C@H](c2cnc(-c3ccc(C#Cc4ccc(-c5ncc([C@@H]6CCC7(CC7)N6)[nH]5)cc4)cc3)[nH]2)CC23CC12C3. The van der Waals surface area contributed by atoms with Crippen LogP contribution in [0, 0.1) is 17.3 Å². The number of imidazole rings is 2. The van der Waals surface area contributed by atoms with E-state index in [1.54, 1.807) is 0 Å². The van der Waals surface area contributed by atoms with Crippen LogP contribution in [0.5, 0.6) is 0 Å². The molecule has 3 saturated carbocycles. The highest BCUT2D eigenvalue weighted by Gasteiger charge is 2.91. The summed E-state index contributed by atoms with van der Waals surface area (Å²) in [6, 6.07) is 16.8. The van der Waals surface area contributed by atoms with E-state index < -0.39 is 5.60 Å². The Labute approximate surface area is 263 Å². The minimum Gasteiger partial charge on any atom is -0.444 e. The molecular formula is C37H38N6O2. The smallest absolute Gasteiger partial charge is 0.411 e. The lowest BCUT2D eigenvalue weighted by atomic mass is 9.99. The summed E-state index contributed by atoms with van der Waals surface area (Å²) in [5.74, 6) is 8.28. The number of carbonyl (C=O) groups is 1. The number of benzene rings is 2. The third-order valence-corrected chi connectivity index (χ3v) is 10.8.